The lowest BCUT2D eigenvalue weighted by molar-refractivity contribution is -0.120. The maximum atomic E-state index is 12.1. The number of nitrogens with zero attached hydrogens (tertiary/aromatic N) is 1. The second-order valence-electron chi connectivity index (χ2n) is 6.59. The van der Waals surface area contributed by atoms with E-state index in [2.05, 4.69) is 37.1 Å². The number of rotatable bonds is 5. The van der Waals surface area contributed by atoms with Crippen molar-refractivity contribution < 1.29 is 9.53 Å². The van der Waals surface area contributed by atoms with Crippen LogP contribution >= 0.6 is 0 Å². The van der Waals surface area contributed by atoms with Crippen LogP contribution in [0.2, 0.25) is 0 Å². The van der Waals surface area contributed by atoms with E-state index in [0.29, 0.717) is 13.0 Å². The number of nitrogens with one attached hydrogen (secondary N) is 1. The van der Waals surface area contributed by atoms with E-state index in [-0.39, 0.29) is 11.3 Å². The highest BCUT2D eigenvalue weighted by molar-refractivity contribution is 5.78. The van der Waals surface area contributed by atoms with Crippen LogP contribution in [-0.2, 0) is 23.2 Å². The van der Waals surface area contributed by atoms with Crippen molar-refractivity contribution in [2.24, 2.45) is 0 Å². The van der Waals surface area contributed by atoms with Crippen LogP contribution in [0.15, 0.2) is 42.7 Å². The highest BCUT2D eigenvalue weighted by atomic mass is 16.5. The van der Waals surface area contributed by atoms with Crippen molar-refractivity contribution in [3.05, 3.63) is 59.4 Å². The van der Waals surface area contributed by atoms with E-state index in [0.717, 1.165) is 22.4 Å². The van der Waals surface area contributed by atoms with Crippen LogP contribution in [0.1, 0.15) is 37.5 Å². The Kier molecular flexibility index (Phi) is 5.37. The van der Waals surface area contributed by atoms with Crippen LogP contribution in [0.5, 0.6) is 5.75 Å². The van der Waals surface area contributed by atoms with Gasteiger partial charge in [-0.05, 0) is 40.3 Å². The second-order valence-corrected chi connectivity index (χ2v) is 6.59. The fraction of sp³-hybridized carbons (Fsp3) is 0.368. The summed E-state index contributed by atoms with van der Waals surface area (Å²) in [5, 5.41) is 2.94. The molecule has 4 heteroatoms. The number of carbonyl (C=O) groups is 1. The number of ether oxygens (including phenoxy) is 1. The van der Waals surface area contributed by atoms with E-state index in [4.69, 9.17) is 4.74 Å². The molecule has 0 unspecified atom stereocenters. The minimum absolute atomic E-state index is 0.00633. The van der Waals surface area contributed by atoms with E-state index < -0.39 is 0 Å². The van der Waals surface area contributed by atoms with Crippen LogP contribution in [0.3, 0.4) is 0 Å². The van der Waals surface area contributed by atoms with Crippen molar-refractivity contribution in [3.8, 4) is 5.75 Å². The Hall–Kier alpha value is -2.36. The lowest BCUT2D eigenvalue weighted by atomic mass is 9.85. The highest BCUT2D eigenvalue weighted by Gasteiger charge is 2.19. The number of hydrogen-bond donors (Lipinski definition) is 1. The first-order chi connectivity index (χ1) is 10.9. The maximum absolute atomic E-state index is 12.1. The molecule has 0 bridgehead atoms. The van der Waals surface area contributed by atoms with Crippen LogP contribution in [0, 0.1) is 0 Å². The molecular formula is C19H24N2O2. The summed E-state index contributed by atoms with van der Waals surface area (Å²) in [5.41, 5.74) is 3.11. The average molecular weight is 312 g/mol. The van der Waals surface area contributed by atoms with E-state index in [9.17, 15) is 4.79 Å². The van der Waals surface area contributed by atoms with Gasteiger partial charge in [0.15, 0.2) is 0 Å². The molecule has 1 amide bonds. The summed E-state index contributed by atoms with van der Waals surface area (Å²) in [4.78, 5) is 16.1. The smallest absolute Gasteiger partial charge is 0.224 e. The number of aromatic nitrogens is 1. The molecule has 1 heterocycles. The van der Waals surface area contributed by atoms with Crippen molar-refractivity contribution in [2.45, 2.75) is 39.2 Å². The molecule has 0 fully saturated rings. The third kappa shape index (κ3) is 4.81. The van der Waals surface area contributed by atoms with Gasteiger partial charge >= 0.3 is 0 Å². The number of methoxy groups -OCH3 is 1. The van der Waals surface area contributed by atoms with Gasteiger partial charge in [0, 0.05) is 18.9 Å². The molecule has 122 valence electrons. The molecule has 0 saturated carbocycles. The molecule has 23 heavy (non-hydrogen) atoms. The van der Waals surface area contributed by atoms with E-state index in [1.165, 1.54) is 0 Å². The van der Waals surface area contributed by atoms with Crippen molar-refractivity contribution in [2.75, 3.05) is 7.11 Å². The number of amides is 1. The quantitative estimate of drug-likeness (QED) is 0.922. The first-order valence-corrected chi connectivity index (χ1v) is 7.73. The molecule has 0 aliphatic rings. The summed E-state index contributed by atoms with van der Waals surface area (Å²) in [5.74, 6) is 0.866. The van der Waals surface area contributed by atoms with Gasteiger partial charge in [-0.15, -0.1) is 0 Å². The van der Waals surface area contributed by atoms with Crippen molar-refractivity contribution >= 4 is 5.91 Å². The largest absolute Gasteiger partial charge is 0.496 e. The molecule has 1 aromatic carbocycles. The van der Waals surface area contributed by atoms with Gasteiger partial charge in [0.25, 0.3) is 0 Å². The second kappa shape index (κ2) is 7.27. The maximum Gasteiger partial charge on any atom is 0.224 e. The third-order valence-electron chi connectivity index (χ3n) is 3.68. The normalized spacial score (nSPS) is 11.1. The standard InChI is InChI=1S/C19H24N2O2/c1-19(2,3)16-11-15(5-6-17(16)23-4)12-18(22)21-13-14-7-9-20-10-8-14/h5-11H,12-13H2,1-4H3,(H,21,22). The molecule has 2 aromatic rings. The zero-order valence-electron chi connectivity index (χ0n) is 14.2. The van der Waals surface area contributed by atoms with Gasteiger partial charge in [-0.3, -0.25) is 9.78 Å². The average Bonchev–Trinajstić information content (AvgIpc) is 2.53. The Morgan fingerprint density at radius 3 is 2.43 bits per heavy atom. The van der Waals surface area contributed by atoms with Gasteiger partial charge in [0.1, 0.15) is 5.75 Å². The van der Waals surface area contributed by atoms with E-state index in [1.54, 1.807) is 19.5 Å². The van der Waals surface area contributed by atoms with Crippen molar-refractivity contribution in [1.29, 1.82) is 0 Å². The predicted molar refractivity (Wildman–Crippen MR) is 91.5 cm³/mol. The predicted octanol–water partition coefficient (Wildman–Crippen LogP) is 3.25. The Morgan fingerprint density at radius 2 is 1.83 bits per heavy atom. The monoisotopic (exact) mass is 312 g/mol. The lowest BCUT2D eigenvalue weighted by Gasteiger charge is -2.23. The van der Waals surface area contributed by atoms with E-state index in [1.807, 2.05) is 24.3 Å². The number of hydrogen-bond acceptors (Lipinski definition) is 3. The lowest BCUT2D eigenvalue weighted by Crippen LogP contribution is -2.24. The molecule has 0 atom stereocenters. The molecule has 2 rings (SSSR count). The van der Waals surface area contributed by atoms with Gasteiger partial charge in [-0.2, -0.15) is 0 Å². The summed E-state index contributed by atoms with van der Waals surface area (Å²) in [6, 6.07) is 9.73. The molecule has 0 saturated heterocycles. The van der Waals surface area contributed by atoms with Crippen molar-refractivity contribution in [1.82, 2.24) is 10.3 Å². The summed E-state index contributed by atoms with van der Waals surface area (Å²) in [7, 11) is 1.67. The topological polar surface area (TPSA) is 51.2 Å². The zero-order chi connectivity index (χ0) is 16.9. The number of carbonyl (C=O) groups excluding carboxylic acids is 1. The number of pyridine rings is 1. The fourth-order valence-corrected chi connectivity index (χ4v) is 2.40. The van der Waals surface area contributed by atoms with Gasteiger partial charge in [-0.25, -0.2) is 0 Å². The third-order valence-corrected chi connectivity index (χ3v) is 3.68. The van der Waals surface area contributed by atoms with Gasteiger partial charge in [0.05, 0.1) is 13.5 Å². The Labute approximate surface area is 137 Å². The Balaban J connectivity index is 2.03. The molecule has 0 spiro atoms. The summed E-state index contributed by atoms with van der Waals surface area (Å²) < 4.78 is 5.43. The minimum Gasteiger partial charge on any atom is -0.496 e. The minimum atomic E-state index is -0.0329. The molecule has 1 N–H and O–H groups in total. The molecule has 4 nitrogen and oxygen atoms in total. The zero-order valence-corrected chi connectivity index (χ0v) is 14.2. The highest BCUT2D eigenvalue weighted by Crippen LogP contribution is 2.32. The molecule has 0 aliphatic carbocycles. The summed E-state index contributed by atoms with van der Waals surface area (Å²) in [6.07, 6.45) is 3.80. The molecule has 0 radical (unpaired) electrons. The SMILES string of the molecule is COc1ccc(CC(=O)NCc2ccncc2)cc1C(C)(C)C. The van der Waals surface area contributed by atoms with Crippen LogP contribution in [-0.4, -0.2) is 18.0 Å². The first-order valence-electron chi connectivity index (χ1n) is 7.73. The van der Waals surface area contributed by atoms with E-state index >= 15 is 0 Å². The summed E-state index contributed by atoms with van der Waals surface area (Å²) in [6.45, 7) is 6.93. The first kappa shape index (κ1) is 17.0. The Bertz CT molecular complexity index is 661. The van der Waals surface area contributed by atoms with Crippen molar-refractivity contribution in [3.63, 3.8) is 0 Å². The summed E-state index contributed by atoms with van der Waals surface area (Å²) >= 11 is 0. The molecule has 0 aliphatic heterocycles. The fourth-order valence-electron chi connectivity index (χ4n) is 2.40. The van der Waals surface area contributed by atoms with Crippen LogP contribution < -0.4 is 10.1 Å². The molecular weight excluding hydrogens is 288 g/mol. The van der Waals surface area contributed by atoms with Crippen LogP contribution in [0.25, 0.3) is 0 Å². The van der Waals surface area contributed by atoms with Gasteiger partial charge in [-0.1, -0.05) is 32.9 Å². The number of benzene rings is 1. The van der Waals surface area contributed by atoms with Gasteiger partial charge < -0.3 is 10.1 Å². The van der Waals surface area contributed by atoms with Crippen LogP contribution in [0.4, 0.5) is 0 Å². The molecule has 1 aromatic heterocycles. The van der Waals surface area contributed by atoms with Gasteiger partial charge in [0.2, 0.25) is 5.91 Å². The Morgan fingerprint density at radius 1 is 1.13 bits per heavy atom.